The van der Waals surface area contributed by atoms with Crippen molar-refractivity contribution < 1.29 is 32.3 Å². The Labute approximate surface area is 217 Å². The van der Waals surface area contributed by atoms with Crippen LogP contribution >= 0.6 is 0 Å². The zero-order chi connectivity index (χ0) is 27.3. The molecule has 1 N–H and O–H groups in total. The smallest absolute Gasteiger partial charge is 0.322 e. The van der Waals surface area contributed by atoms with E-state index in [1.54, 1.807) is 22.7 Å². The standard InChI is InChI=1S/C25H29F3N6O4/c1-13-8-34-21(12-32(13)25(37)30-17-5-18(26)23(28)19(27)6-17)20(7-29-34)33-11-16(4-22(33)35)24(36)31-9-14(2)38-15(3)10-31/h5-7,13-16H,4,8-12H2,1-3H3,(H,30,37)/t13-,14?,15?,16?/m0/s1. The Morgan fingerprint density at radius 1 is 1.03 bits per heavy atom. The van der Waals surface area contributed by atoms with Crippen LogP contribution in [-0.4, -0.2) is 75.3 Å². The lowest BCUT2D eigenvalue weighted by molar-refractivity contribution is -0.147. The molecular formula is C25H29F3N6O4. The number of hydrogen-bond acceptors (Lipinski definition) is 5. The zero-order valence-electron chi connectivity index (χ0n) is 21.3. The summed E-state index contributed by atoms with van der Waals surface area (Å²) in [6.07, 6.45) is 1.46. The number of urea groups is 1. The fourth-order valence-corrected chi connectivity index (χ4v) is 5.43. The molecule has 0 spiro atoms. The minimum absolute atomic E-state index is 0.0649. The third-order valence-electron chi connectivity index (χ3n) is 7.21. The second kappa shape index (κ2) is 9.93. The fourth-order valence-electron chi connectivity index (χ4n) is 5.43. The molecule has 3 aliphatic rings. The average molecular weight is 535 g/mol. The first-order valence-corrected chi connectivity index (χ1v) is 12.5. The second-order valence-corrected chi connectivity index (χ2v) is 10.2. The minimum atomic E-state index is -1.62. The lowest BCUT2D eigenvalue weighted by Crippen LogP contribution is -2.50. The van der Waals surface area contributed by atoms with Gasteiger partial charge in [0.1, 0.15) is 0 Å². The summed E-state index contributed by atoms with van der Waals surface area (Å²) in [4.78, 5) is 43.9. The number of carbonyl (C=O) groups excluding carboxylic acids is 3. The number of fused-ring (bicyclic) bond motifs is 1. The van der Waals surface area contributed by atoms with Crippen molar-refractivity contribution in [2.75, 3.05) is 29.9 Å². The molecule has 2 aromatic rings. The molecule has 4 amide bonds. The van der Waals surface area contributed by atoms with Crippen LogP contribution in [0.5, 0.6) is 0 Å². The van der Waals surface area contributed by atoms with Gasteiger partial charge in [0.05, 0.1) is 54.8 Å². The molecule has 3 aliphatic heterocycles. The number of rotatable bonds is 3. The molecule has 2 fully saturated rings. The number of anilines is 2. The highest BCUT2D eigenvalue weighted by atomic mass is 19.2. The summed E-state index contributed by atoms with van der Waals surface area (Å²) in [5.74, 6) is -5.24. The highest BCUT2D eigenvalue weighted by Gasteiger charge is 2.41. The molecule has 0 radical (unpaired) electrons. The first kappa shape index (κ1) is 26.0. The van der Waals surface area contributed by atoms with E-state index in [2.05, 4.69) is 10.4 Å². The predicted molar refractivity (Wildman–Crippen MR) is 130 cm³/mol. The maximum atomic E-state index is 13.6. The van der Waals surface area contributed by atoms with E-state index < -0.39 is 29.4 Å². The Morgan fingerprint density at radius 3 is 2.34 bits per heavy atom. The molecule has 2 saturated heterocycles. The van der Waals surface area contributed by atoms with Crippen molar-refractivity contribution in [3.05, 3.63) is 41.5 Å². The predicted octanol–water partition coefficient (Wildman–Crippen LogP) is 2.73. The van der Waals surface area contributed by atoms with Gasteiger partial charge in [-0.1, -0.05) is 0 Å². The van der Waals surface area contributed by atoms with Gasteiger partial charge in [0.2, 0.25) is 11.8 Å². The van der Waals surface area contributed by atoms with Crippen molar-refractivity contribution in [3.8, 4) is 0 Å². The monoisotopic (exact) mass is 534 g/mol. The Bertz CT molecular complexity index is 1250. The number of hydrogen-bond donors (Lipinski definition) is 1. The largest absolute Gasteiger partial charge is 0.372 e. The molecule has 13 heteroatoms. The minimum Gasteiger partial charge on any atom is -0.372 e. The van der Waals surface area contributed by atoms with Crippen molar-refractivity contribution >= 4 is 29.2 Å². The van der Waals surface area contributed by atoms with Gasteiger partial charge in [-0.05, 0) is 20.8 Å². The molecule has 10 nitrogen and oxygen atoms in total. The van der Waals surface area contributed by atoms with Crippen LogP contribution in [0.4, 0.5) is 29.3 Å². The molecule has 3 unspecified atom stereocenters. The summed E-state index contributed by atoms with van der Waals surface area (Å²) >= 11 is 0. The van der Waals surface area contributed by atoms with Gasteiger partial charge in [-0.15, -0.1) is 0 Å². The van der Waals surface area contributed by atoms with Gasteiger partial charge in [-0.25, -0.2) is 18.0 Å². The van der Waals surface area contributed by atoms with Crippen LogP contribution in [0.1, 0.15) is 32.9 Å². The van der Waals surface area contributed by atoms with Gasteiger partial charge < -0.3 is 24.8 Å². The van der Waals surface area contributed by atoms with Crippen molar-refractivity contribution in [2.45, 2.75) is 58.5 Å². The summed E-state index contributed by atoms with van der Waals surface area (Å²) in [5, 5.41) is 6.79. The van der Waals surface area contributed by atoms with Crippen LogP contribution in [-0.2, 0) is 27.4 Å². The van der Waals surface area contributed by atoms with E-state index >= 15 is 0 Å². The van der Waals surface area contributed by atoms with Crippen LogP contribution in [0.2, 0.25) is 0 Å². The van der Waals surface area contributed by atoms with E-state index in [1.165, 1.54) is 9.80 Å². The molecule has 0 bridgehead atoms. The quantitative estimate of drug-likeness (QED) is 0.611. The van der Waals surface area contributed by atoms with Crippen molar-refractivity contribution in [1.82, 2.24) is 19.6 Å². The number of morpholine rings is 1. The van der Waals surface area contributed by atoms with Crippen molar-refractivity contribution in [3.63, 3.8) is 0 Å². The fraction of sp³-hybridized carbons (Fsp3) is 0.520. The van der Waals surface area contributed by atoms with Crippen molar-refractivity contribution in [1.29, 1.82) is 0 Å². The average Bonchev–Trinajstić information content (AvgIpc) is 3.43. The number of amides is 4. The molecule has 0 saturated carbocycles. The molecule has 0 aliphatic carbocycles. The zero-order valence-corrected chi connectivity index (χ0v) is 21.3. The Balaban J connectivity index is 1.31. The van der Waals surface area contributed by atoms with Gasteiger partial charge in [-0.3, -0.25) is 14.3 Å². The van der Waals surface area contributed by atoms with Crippen LogP contribution in [0.3, 0.4) is 0 Å². The normalized spacial score (nSPS) is 25.5. The maximum Gasteiger partial charge on any atom is 0.322 e. The number of benzene rings is 1. The summed E-state index contributed by atoms with van der Waals surface area (Å²) < 4.78 is 47.9. The summed E-state index contributed by atoms with van der Waals surface area (Å²) in [6.45, 7) is 7.14. The Morgan fingerprint density at radius 2 is 1.68 bits per heavy atom. The first-order valence-electron chi connectivity index (χ1n) is 12.5. The highest BCUT2D eigenvalue weighted by molar-refractivity contribution is 6.00. The van der Waals surface area contributed by atoms with Gasteiger partial charge in [0.15, 0.2) is 17.5 Å². The van der Waals surface area contributed by atoms with Crippen LogP contribution in [0, 0.1) is 23.4 Å². The number of nitrogens with one attached hydrogen (secondary N) is 1. The van der Waals surface area contributed by atoms with E-state index in [0.717, 1.165) is 0 Å². The SMILES string of the molecule is CC1CN(C(=O)C2CC(=O)N(c3cnn4c3CN(C(=O)Nc3cc(F)c(F)c(F)c3)[C@@H](C)C4)C2)CC(C)O1. The molecule has 5 rings (SSSR count). The number of aromatic nitrogens is 2. The maximum absolute atomic E-state index is 13.6. The van der Waals surface area contributed by atoms with Crippen LogP contribution in [0.15, 0.2) is 18.3 Å². The van der Waals surface area contributed by atoms with Crippen LogP contribution in [0.25, 0.3) is 0 Å². The number of carbonyl (C=O) groups is 3. The Kier molecular flexibility index (Phi) is 6.80. The van der Waals surface area contributed by atoms with Gasteiger partial charge in [0.25, 0.3) is 0 Å². The molecular weight excluding hydrogens is 505 g/mol. The summed E-state index contributed by atoms with van der Waals surface area (Å²) in [6, 6.07) is 0.435. The second-order valence-electron chi connectivity index (χ2n) is 10.2. The van der Waals surface area contributed by atoms with E-state index in [1.807, 2.05) is 13.8 Å². The molecule has 4 heterocycles. The van der Waals surface area contributed by atoms with Gasteiger partial charge in [0, 0.05) is 43.9 Å². The third-order valence-corrected chi connectivity index (χ3v) is 7.21. The lowest BCUT2D eigenvalue weighted by Gasteiger charge is -2.36. The summed E-state index contributed by atoms with van der Waals surface area (Å²) in [5.41, 5.74) is 0.892. The van der Waals surface area contributed by atoms with Gasteiger partial charge in [-0.2, -0.15) is 5.10 Å². The molecule has 1 aromatic carbocycles. The lowest BCUT2D eigenvalue weighted by atomic mass is 10.1. The van der Waals surface area contributed by atoms with E-state index in [4.69, 9.17) is 4.74 Å². The van der Waals surface area contributed by atoms with Crippen LogP contribution < -0.4 is 10.2 Å². The number of ether oxygens (including phenoxy) is 1. The Hall–Kier alpha value is -3.61. The summed E-state index contributed by atoms with van der Waals surface area (Å²) in [7, 11) is 0. The topological polar surface area (TPSA) is 100 Å². The third kappa shape index (κ3) is 4.82. The molecule has 1 aromatic heterocycles. The highest BCUT2D eigenvalue weighted by Crippen LogP contribution is 2.33. The van der Waals surface area contributed by atoms with Crippen molar-refractivity contribution in [2.24, 2.45) is 5.92 Å². The molecule has 204 valence electrons. The number of nitrogens with zero attached hydrogens (tertiary/aromatic N) is 5. The van der Waals surface area contributed by atoms with E-state index in [0.29, 0.717) is 43.1 Å². The first-order chi connectivity index (χ1) is 18.0. The molecule has 38 heavy (non-hydrogen) atoms. The van der Waals surface area contributed by atoms with Gasteiger partial charge >= 0.3 is 6.03 Å². The van der Waals surface area contributed by atoms with E-state index in [-0.39, 0.29) is 55.3 Å². The molecule has 4 atom stereocenters. The number of halogens is 3. The van der Waals surface area contributed by atoms with E-state index in [9.17, 15) is 27.6 Å².